The summed E-state index contributed by atoms with van der Waals surface area (Å²) >= 11 is 0. The third kappa shape index (κ3) is 5.21. The van der Waals surface area contributed by atoms with Gasteiger partial charge in [0, 0.05) is 37.9 Å². The molecule has 0 atom stereocenters. The summed E-state index contributed by atoms with van der Waals surface area (Å²) in [6.45, 7) is 2.34. The van der Waals surface area contributed by atoms with E-state index in [0.717, 1.165) is 6.42 Å². The zero-order valence-electron chi connectivity index (χ0n) is 18.1. The van der Waals surface area contributed by atoms with E-state index in [4.69, 9.17) is 0 Å². The van der Waals surface area contributed by atoms with E-state index in [1.165, 1.54) is 0 Å². The summed E-state index contributed by atoms with van der Waals surface area (Å²) in [6.07, 6.45) is 2.41. The molecule has 0 radical (unpaired) electrons. The highest BCUT2D eigenvalue weighted by Gasteiger charge is 2.23. The van der Waals surface area contributed by atoms with Crippen LogP contribution in [0.15, 0.2) is 77.8 Å². The van der Waals surface area contributed by atoms with E-state index in [9.17, 15) is 18.5 Å². The highest BCUT2D eigenvalue weighted by atomic mass is 32.2. The van der Waals surface area contributed by atoms with Gasteiger partial charge in [-0.2, -0.15) is 5.26 Å². The second-order valence-electron chi connectivity index (χ2n) is 7.89. The van der Waals surface area contributed by atoms with Gasteiger partial charge < -0.3 is 9.80 Å². The monoisotopic (exact) mass is 460 g/mol. The Balaban J connectivity index is 1.47. The van der Waals surface area contributed by atoms with Crippen LogP contribution < -0.4 is 4.90 Å². The summed E-state index contributed by atoms with van der Waals surface area (Å²) < 4.78 is 25.4. The topological polar surface area (TPSA) is 94.4 Å². The Morgan fingerprint density at radius 2 is 1.79 bits per heavy atom. The molecule has 1 aliphatic heterocycles. The van der Waals surface area contributed by atoms with Crippen molar-refractivity contribution in [1.29, 1.82) is 5.26 Å². The van der Waals surface area contributed by atoms with Gasteiger partial charge in [0.15, 0.2) is 9.84 Å². The van der Waals surface area contributed by atoms with Gasteiger partial charge in [-0.3, -0.25) is 4.79 Å². The second-order valence-corrected chi connectivity index (χ2v) is 9.88. The van der Waals surface area contributed by atoms with E-state index >= 15 is 0 Å². The van der Waals surface area contributed by atoms with Gasteiger partial charge in [0.05, 0.1) is 16.2 Å². The first-order chi connectivity index (χ1) is 16.0. The standard InChI is InChI=1S/C25H24N4O3S/c26-18-22-9-5-12-27-24(22)28-13-6-14-29(16-15-28)25(30)21-8-4-7-20(17-21)19-33(31,32)23-10-2-1-3-11-23/h1-5,7-12,17H,6,13-16,19H2. The van der Waals surface area contributed by atoms with Crippen molar-refractivity contribution < 1.29 is 13.2 Å². The van der Waals surface area contributed by atoms with Crippen molar-refractivity contribution in [2.75, 3.05) is 31.1 Å². The van der Waals surface area contributed by atoms with Crippen LogP contribution in [-0.2, 0) is 15.6 Å². The predicted molar refractivity (Wildman–Crippen MR) is 125 cm³/mol. The third-order valence-corrected chi connectivity index (χ3v) is 7.33. The van der Waals surface area contributed by atoms with Crippen molar-refractivity contribution in [3.63, 3.8) is 0 Å². The van der Waals surface area contributed by atoms with Crippen molar-refractivity contribution in [2.24, 2.45) is 0 Å². The maximum atomic E-state index is 13.2. The number of amides is 1. The van der Waals surface area contributed by atoms with E-state index in [2.05, 4.69) is 11.1 Å². The largest absolute Gasteiger partial charge is 0.354 e. The summed E-state index contributed by atoms with van der Waals surface area (Å²) in [5.74, 6) is 0.349. The molecule has 1 fully saturated rings. The normalized spacial score (nSPS) is 14.4. The summed E-state index contributed by atoms with van der Waals surface area (Å²) in [5.41, 5.74) is 1.57. The van der Waals surface area contributed by atoms with Gasteiger partial charge in [0.2, 0.25) is 0 Å². The van der Waals surface area contributed by atoms with E-state index in [-0.39, 0.29) is 16.6 Å². The van der Waals surface area contributed by atoms with Gasteiger partial charge in [-0.15, -0.1) is 0 Å². The zero-order valence-corrected chi connectivity index (χ0v) is 18.9. The number of hydrogen-bond donors (Lipinski definition) is 0. The van der Waals surface area contributed by atoms with Crippen LogP contribution in [0.5, 0.6) is 0 Å². The van der Waals surface area contributed by atoms with Crippen molar-refractivity contribution in [3.05, 3.63) is 89.6 Å². The fourth-order valence-electron chi connectivity index (χ4n) is 3.98. The lowest BCUT2D eigenvalue weighted by Crippen LogP contribution is -2.35. The zero-order chi connectivity index (χ0) is 23.3. The van der Waals surface area contributed by atoms with Crippen LogP contribution in [-0.4, -0.2) is 50.4 Å². The van der Waals surface area contributed by atoms with E-state index < -0.39 is 9.84 Å². The molecule has 0 unspecified atom stereocenters. The molecule has 8 heteroatoms. The minimum Gasteiger partial charge on any atom is -0.354 e. The highest BCUT2D eigenvalue weighted by Crippen LogP contribution is 2.20. The molecule has 7 nitrogen and oxygen atoms in total. The fourth-order valence-corrected chi connectivity index (χ4v) is 5.33. The average Bonchev–Trinajstić information content (AvgIpc) is 3.10. The van der Waals surface area contributed by atoms with Gasteiger partial charge >= 0.3 is 0 Å². The Morgan fingerprint density at radius 3 is 2.58 bits per heavy atom. The van der Waals surface area contributed by atoms with Crippen LogP contribution in [0.25, 0.3) is 0 Å². The molecule has 2 heterocycles. The molecule has 0 saturated carbocycles. The molecular weight excluding hydrogens is 436 g/mol. The lowest BCUT2D eigenvalue weighted by Gasteiger charge is -2.23. The molecule has 0 N–H and O–H groups in total. The van der Waals surface area contributed by atoms with Crippen LogP contribution in [0.2, 0.25) is 0 Å². The summed E-state index contributed by atoms with van der Waals surface area (Å²) in [4.78, 5) is 21.6. The molecule has 33 heavy (non-hydrogen) atoms. The average molecular weight is 461 g/mol. The van der Waals surface area contributed by atoms with E-state index in [1.54, 1.807) is 77.8 Å². The van der Waals surface area contributed by atoms with Crippen LogP contribution in [0.1, 0.15) is 27.9 Å². The SMILES string of the molecule is N#Cc1cccnc1N1CCCN(C(=O)c2cccc(CS(=O)(=O)c3ccccc3)c2)CC1. The Labute approximate surface area is 193 Å². The number of aromatic nitrogens is 1. The molecule has 1 aliphatic rings. The number of sulfone groups is 1. The molecule has 1 amide bonds. The summed E-state index contributed by atoms with van der Waals surface area (Å²) in [5, 5.41) is 9.36. The van der Waals surface area contributed by atoms with Crippen LogP contribution in [0, 0.1) is 11.3 Å². The fraction of sp³-hybridized carbons (Fsp3) is 0.240. The summed E-state index contributed by atoms with van der Waals surface area (Å²) in [6, 6.07) is 20.8. The van der Waals surface area contributed by atoms with Gasteiger partial charge in [-0.1, -0.05) is 30.3 Å². The van der Waals surface area contributed by atoms with Gasteiger partial charge in [-0.05, 0) is 48.4 Å². The maximum Gasteiger partial charge on any atom is 0.253 e. The van der Waals surface area contributed by atoms with Crippen molar-refractivity contribution in [2.45, 2.75) is 17.1 Å². The number of rotatable bonds is 5. The Morgan fingerprint density at radius 1 is 0.970 bits per heavy atom. The van der Waals surface area contributed by atoms with Gasteiger partial charge in [0.1, 0.15) is 11.9 Å². The molecule has 0 bridgehead atoms. The number of nitrogens with zero attached hydrogens (tertiary/aromatic N) is 4. The molecule has 2 aromatic carbocycles. The minimum absolute atomic E-state index is 0.127. The minimum atomic E-state index is -3.50. The molecular formula is C25H24N4O3S. The van der Waals surface area contributed by atoms with Crippen molar-refractivity contribution >= 4 is 21.6 Å². The predicted octanol–water partition coefficient (Wildman–Crippen LogP) is 3.28. The van der Waals surface area contributed by atoms with E-state index in [1.807, 2.05) is 4.90 Å². The van der Waals surface area contributed by atoms with Gasteiger partial charge in [0.25, 0.3) is 5.91 Å². The molecule has 3 aromatic rings. The van der Waals surface area contributed by atoms with Crippen LogP contribution in [0.4, 0.5) is 5.82 Å². The highest BCUT2D eigenvalue weighted by molar-refractivity contribution is 7.90. The Kier molecular flexibility index (Phi) is 6.71. The molecule has 0 aliphatic carbocycles. The molecule has 168 valence electrons. The first-order valence-electron chi connectivity index (χ1n) is 10.7. The Hall–Kier alpha value is -3.70. The number of nitriles is 1. The lowest BCUT2D eigenvalue weighted by atomic mass is 10.1. The quantitative estimate of drug-likeness (QED) is 0.580. The van der Waals surface area contributed by atoms with Crippen LogP contribution >= 0.6 is 0 Å². The second kappa shape index (κ2) is 9.84. The number of carbonyl (C=O) groups excluding carboxylic acids is 1. The maximum absolute atomic E-state index is 13.2. The van der Waals surface area contributed by atoms with Crippen LogP contribution in [0.3, 0.4) is 0 Å². The first kappa shape index (κ1) is 22.5. The number of anilines is 1. The van der Waals surface area contributed by atoms with Gasteiger partial charge in [-0.25, -0.2) is 13.4 Å². The number of carbonyl (C=O) groups is 1. The first-order valence-corrected chi connectivity index (χ1v) is 12.4. The van der Waals surface area contributed by atoms with E-state index in [0.29, 0.717) is 48.7 Å². The third-order valence-electron chi connectivity index (χ3n) is 5.62. The van der Waals surface area contributed by atoms with Crippen molar-refractivity contribution in [3.8, 4) is 6.07 Å². The molecule has 4 rings (SSSR count). The number of pyridine rings is 1. The summed E-state index contributed by atoms with van der Waals surface area (Å²) in [7, 11) is -3.50. The molecule has 1 saturated heterocycles. The number of hydrogen-bond acceptors (Lipinski definition) is 6. The lowest BCUT2D eigenvalue weighted by molar-refractivity contribution is 0.0767. The molecule has 0 spiro atoms. The smallest absolute Gasteiger partial charge is 0.253 e. The Bertz CT molecular complexity index is 1290. The number of benzene rings is 2. The van der Waals surface area contributed by atoms with Crippen molar-refractivity contribution in [1.82, 2.24) is 9.88 Å². The molecule has 1 aromatic heterocycles.